The minimum absolute atomic E-state index is 0.187. The van der Waals surface area contributed by atoms with Crippen LogP contribution in [0, 0.1) is 22.7 Å². The van der Waals surface area contributed by atoms with Crippen molar-refractivity contribution in [3.8, 4) is 12.1 Å². The Morgan fingerprint density at radius 3 is 2.50 bits per heavy atom. The van der Waals surface area contributed by atoms with Gasteiger partial charge in [0.25, 0.3) is 0 Å². The third-order valence-corrected chi connectivity index (χ3v) is 8.02. The van der Waals surface area contributed by atoms with Gasteiger partial charge in [0.15, 0.2) is 0 Å². The average Bonchev–Trinajstić information content (AvgIpc) is 3.75. The van der Waals surface area contributed by atoms with Crippen LogP contribution >= 0.6 is 23.2 Å². The Bertz CT molecular complexity index is 1710. The van der Waals surface area contributed by atoms with Crippen LogP contribution in [0.25, 0.3) is 10.9 Å². The van der Waals surface area contributed by atoms with Crippen molar-refractivity contribution >= 4 is 45.5 Å². The molecule has 4 aromatic rings. The summed E-state index contributed by atoms with van der Waals surface area (Å²) in [5.74, 6) is 0. The van der Waals surface area contributed by atoms with Gasteiger partial charge < -0.3 is 16.1 Å². The minimum atomic E-state index is -0.247. The minimum Gasteiger partial charge on any atom is -0.377 e. The maximum Gasteiger partial charge on any atom is 0.103 e. The van der Waals surface area contributed by atoms with Crippen LogP contribution in [0.1, 0.15) is 54.5 Å². The van der Waals surface area contributed by atoms with Crippen LogP contribution in [0.4, 0.5) is 11.4 Å². The zero-order valence-electron chi connectivity index (χ0n) is 22.6. The fourth-order valence-electron chi connectivity index (χ4n) is 5.18. The van der Waals surface area contributed by atoms with Crippen LogP contribution in [-0.2, 0) is 0 Å². The van der Waals surface area contributed by atoms with E-state index in [0.29, 0.717) is 51.1 Å². The quantitative estimate of drug-likeness (QED) is 0.151. The highest BCUT2D eigenvalue weighted by Crippen LogP contribution is 2.38. The smallest absolute Gasteiger partial charge is 0.103 e. The second-order valence-corrected chi connectivity index (χ2v) is 11.2. The van der Waals surface area contributed by atoms with E-state index in [-0.39, 0.29) is 12.1 Å². The molecule has 2 atom stereocenters. The number of nitriles is 2. The molecule has 0 radical (unpaired) electrons. The molecule has 3 aromatic carbocycles. The average molecular weight is 596 g/mol. The van der Waals surface area contributed by atoms with E-state index in [1.165, 1.54) is 6.20 Å². The summed E-state index contributed by atoms with van der Waals surface area (Å²) in [5, 5.41) is 30.5. The molecular weight excluding hydrogens is 567 g/mol. The van der Waals surface area contributed by atoms with Crippen molar-refractivity contribution in [2.45, 2.75) is 43.8 Å². The van der Waals surface area contributed by atoms with Crippen molar-refractivity contribution in [2.75, 3.05) is 10.6 Å². The molecule has 42 heavy (non-hydrogen) atoms. The first-order valence-electron chi connectivity index (χ1n) is 13.8. The number of benzene rings is 3. The summed E-state index contributed by atoms with van der Waals surface area (Å²) >= 11 is 13.0. The predicted octanol–water partition coefficient (Wildman–Crippen LogP) is 7.35. The number of fused-ring (bicyclic) bond motifs is 1. The van der Waals surface area contributed by atoms with Gasteiger partial charge in [0, 0.05) is 41.0 Å². The van der Waals surface area contributed by atoms with Crippen molar-refractivity contribution in [1.29, 1.82) is 10.5 Å². The van der Waals surface area contributed by atoms with E-state index in [1.807, 2.05) is 66.7 Å². The van der Waals surface area contributed by atoms with Gasteiger partial charge >= 0.3 is 0 Å². The molecule has 1 aliphatic carbocycles. The monoisotopic (exact) mass is 594 g/mol. The number of hydrogen-bond acceptors (Lipinski definition) is 8. The van der Waals surface area contributed by atoms with E-state index >= 15 is 0 Å². The summed E-state index contributed by atoms with van der Waals surface area (Å²) in [6.45, 7) is 0. The van der Waals surface area contributed by atoms with E-state index in [1.54, 1.807) is 0 Å². The Kier molecular flexibility index (Phi) is 8.03. The van der Waals surface area contributed by atoms with E-state index in [2.05, 4.69) is 49.9 Å². The molecule has 0 amide bonds. The number of pyridine rings is 1. The number of anilines is 2. The molecule has 0 bridgehead atoms. The molecule has 4 N–H and O–H groups in total. The predicted molar refractivity (Wildman–Crippen MR) is 166 cm³/mol. The second kappa shape index (κ2) is 12.2. The lowest BCUT2D eigenvalue weighted by Crippen LogP contribution is -2.38. The van der Waals surface area contributed by atoms with Crippen molar-refractivity contribution in [3.63, 3.8) is 0 Å². The second-order valence-electron chi connectivity index (χ2n) is 10.4. The van der Waals surface area contributed by atoms with E-state index < -0.39 is 0 Å². The molecule has 2 aliphatic rings. The molecule has 6 rings (SSSR count). The standard InChI is InChI=1S/C32H28Cl2N8/c33-23-10-8-21(9-11-23)31(29-19-42(41-40-29)25-12-13-25)38-24-15-26-30(22(17-36)18-37-32(26)27(34)16-24)39-28(7-4-14-35)20-5-2-1-3-6-20/h1-3,5-6,8-11,15-16,18-19,25,28,31,38,40-41H,4,7,12-13H2,(H,37,39)/t28-,31+/m1/s1. The molecule has 8 nitrogen and oxygen atoms in total. The van der Waals surface area contributed by atoms with Gasteiger partial charge in [-0.1, -0.05) is 65.7 Å². The lowest BCUT2D eigenvalue weighted by Gasteiger charge is -2.24. The summed E-state index contributed by atoms with van der Waals surface area (Å²) in [6, 6.07) is 26.0. The maximum absolute atomic E-state index is 10.0. The summed E-state index contributed by atoms with van der Waals surface area (Å²) in [7, 11) is 0. The Morgan fingerprint density at radius 1 is 1.00 bits per heavy atom. The number of rotatable bonds is 10. The summed E-state index contributed by atoms with van der Waals surface area (Å²) in [5.41, 5.74) is 11.9. The number of hydrazine groups is 2. The van der Waals surface area contributed by atoms with E-state index in [0.717, 1.165) is 35.4 Å². The molecule has 1 aromatic heterocycles. The van der Waals surface area contributed by atoms with Crippen LogP contribution in [0.3, 0.4) is 0 Å². The Hall–Kier alpha value is -4.47. The molecule has 1 aliphatic heterocycles. The fourth-order valence-corrected chi connectivity index (χ4v) is 5.57. The summed E-state index contributed by atoms with van der Waals surface area (Å²) < 4.78 is 0. The van der Waals surface area contributed by atoms with Crippen LogP contribution < -0.4 is 21.6 Å². The van der Waals surface area contributed by atoms with Gasteiger partial charge in [-0.25, -0.2) is 0 Å². The first-order chi connectivity index (χ1) is 20.5. The first kappa shape index (κ1) is 27.7. The third kappa shape index (κ3) is 5.93. The highest BCUT2D eigenvalue weighted by molar-refractivity contribution is 6.36. The third-order valence-electron chi connectivity index (χ3n) is 7.48. The maximum atomic E-state index is 10.0. The number of hydrogen-bond donors (Lipinski definition) is 4. The van der Waals surface area contributed by atoms with Gasteiger partial charge in [0.05, 0.1) is 45.6 Å². The zero-order valence-corrected chi connectivity index (χ0v) is 24.1. The molecule has 1 saturated carbocycles. The molecular formula is C32H28Cl2N8. The Balaban J connectivity index is 1.41. The SMILES string of the molecule is N#CCC[C@@H](Nc1c(C#N)cnc2c(Cl)cc(N[C@H](C3=CN(C4CC4)NN3)c3ccc(Cl)cc3)cc12)c1ccccc1. The summed E-state index contributed by atoms with van der Waals surface area (Å²) in [4.78, 5) is 4.53. The number of halogens is 2. The fraction of sp³-hybridized carbons (Fsp3) is 0.219. The molecule has 1 fully saturated rings. The van der Waals surface area contributed by atoms with Gasteiger partial charge in [0.2, 0.25) is 0 Å². The molecule has 0 unspecified atom stereocenters. The highest BCUT2D eigenvalue weighted by Gasteiger charge is 2.32. The summed E-state index contributed by atoms with van der Waals surface area (Å²) in [6.07, 6.45) is 6.87. The van der Waals surface area contributed by atoms with Crippen LogP contribution in [-0.4, -0.2) is 16.0 Å². The van der Waals surface area contributed by atoms with Crippen molar-refractivity contribution in [2.24, 2.45) is 0 Å². The molecule has 2 heterocycles. The van der Waals surface area contributed by atoms with Crippen molar-refractivity contribution in [3.05, 3.63) is 112 Å². The molecule has 0 spiro atoms. The zero-order chi connectivity index (χ0) is 29.1. The van der Waals surface area contributed by atoms with Crippen LogP contribution in [0.5, 0.6) is 0 Å². The lowest BCUT2D eigenvalue weighted by molar-refractivity contribution is 0.260. The van der Waals surface area contributed by atoms with Crippen LogP contribution in [0.2, 0.25) is 10.0 Å². The number of nitrogens with one attached hydrogen (secondary N) is 4. The molecule has 210 valence electrons. The largest absolute Gasteiger partial charge is 0.377 e. The van der Waals surface area contributed by atoms with Crippen molar-refractivity contribution in [1.82, 2.24) is 21.0 Å². The normalized spacial score (nSPS) is 15.7. The van der Waals surface area contributed by atoms with Gasteiger partial charge in [0.1, 0.15) is 6.07 Å². The van der Waals surface area contributed by atoms with E-state index in [4.69, 9.17) is 23.2 Å². The topological polar surface area (TPSA) is 112 Å². The lowest BCUT2D eigenvalue weighted by atomic mass is 10.00. The van der Waals surface area contributed by atoms with E-state index in [9.17, 15) is 10.5 Å². The number of aromatic nitrogens is 1. The van der Waals surface area contributed by atoms with Gasteiger partial charge in [-0.05, 0) is 54.7 Å². The number of nitrogens with zero attached hydrogens (tertiary/aromatic N) is 4. The Morgan fingerprint density at radius 2 is 1.79 bits per heavy atom. The molecule has 10 heteroatoms. The van der Waals surface area contributed by atoms with Gasteiger partial charge in [-0.3, -0.25) is 9.99 Å². The van der Waals surface area contributed by atoms with Gasteiger partial charge in [-0.15, -0.1) is 5.53 Å². The van der Waals surface area contributed by atoms with Crippen LogP contribution in [0.15, 0.2) is 84.8 Å². The highest BCUT2D eigenvalue weighted by atomic mass is 35.5. The molecule has 0 saturated heterocycles. The van der Waals surface area contributed by atoms with Crippen molar-refractivity contribution < 1.29 is 0 Å². The first-order valence-corrected chi connectivity index (χ1v) is 14.5. The van der Waals surface area contributed by atoms with Gasteiger partial charge in [-0.2, -0.15) is 10.5 Å². The Labute approximate surface area is 254 Å².